The van der Waals surface area contributed by atoms with E-state index in [9.17, 15) is 0 Å². The van der Waals surface area contributed by atoms with Crippen LogP contribution in [0.5, 0.6) is 0 Å². The molecule has 0 aliphatic heterocycles. The predicted octanol–water partition coefficient (Wildman–Crippen LogP) is 5.74. The molecule has 0 aliphatic rings. The molecule has 0 unspecified atom stereocenters. The van der Waals surface area contributed by atoms with Gasteiger partial charge in [-0.05, 0) is 31.0 Å². The zero-order valence-corrected chi connectivity index (χ0v) is 15.1. The van der Waals surface area contributed by atoms with Gasteiger partial charge in [0.05, 0.1) is 11.2 Å². The number of hydrogen-bond donors (Lipinski definition) is 0. The van der Waals surface area contributed by atoms with Crippen LogP contribution in [0.4, 0.5) is 0 Å². The molecule has 0 radical (unpaired) electrons. The van der Waals surface area contributed by atoms with Crippen LogP contribution in [0.1, 0.15) is 25.1 Å². The van der Waals surface area contributed by atoms with Gasteiger partial charge in [-0.2, -0.15) is 5.10 Å². The number of rotatable bonds is 4. The number of aromatic nitrogens is 3. The molecule has 3 nitrogen and oxygen atoms in total. The second-order valence-electron chi connectivity index (χ2n) is 5.88. The van der Waals surface area contributed by atoms with Crippen molar-refractivity contribution < 1.29 is 0 Å². The molecule has 0 fully saturated rings. The maximum absolute atomic E-state index is 4.92. The van der Waals surface area contributed by atoms with Crippen LogP contribution in [-0.4, -0.2) is 14.8 Å². The molecule has 4 rings (SSSR count). The average molecular weight is 345 g/mol. The molecule has 2 heterocycles. The van der Waals surface area contributed by atoms with Crippen LogP contribution in [-0.2, 0) is 6.42 Å². The first-order valence-corrected chi connectivity index (χ1v) is 9.33. The Balaban J connectivity index is 1.98. The van der Waals surface area contributed by atoms with E-state index in [-0.39, 0.29) is 0 Å². The normalized spacial score (nSPS) is 11.6. The number of thiazole rings is 1. The van der Waals surface area contributed by atoms with E-state index in [1.54, 1.807) is 11.3 Å². The van der Waals surface area contributed by atoms with Crippen molar-refractivity contribution in [1.29, 1.82) is 0 Å². The van der Waals surface area contributed by atoms with Crippen molar-refractivity contribution in [2.75, 3.05) is 0 Å². The lowest BCUT2D eigenvalue weighted by Gasteiger charge is -1.99. The summed E-state index contributed by atoms with van der Waals surface area (Å²) < 4.78 is 1.98. The van der Waals surface area contributed by atoms with Gasteiger partial charge in [0.2, 0.25) is 5.13 Å². The standard InChI is InChI=1S/C21H19N3S/c1-3-8-15-11-12-18-19(13-15)24(21-22-17(4-2)14-25-21)23-20(18)16-9-6-5-7-10-16/h3,5-14H,4H2,1-2H3. The fourth-order valence-electron chi connectivity index (χ4n) is 2.94. The molecular weight excluding hydrogens is 326 g/mol. The smallest absolute Gasteiger partial charge is 0.211 e. The van der Waals surface area contributed by atoms with E-state index in [0.29, 0.717) is 0 Å². The summed E-state index contributed by atoms with van der Waals surface area (Å²) in [5.74, 6) is 0. The van der Waals surface area contributed by atoms with Gasteiger partial charge in [0, 0.05) is 16.3 Å². The van der Waals surface area contributed by atoms with E-state index in [0.717, 1.165) is 39.4 Å². The minimum atomic E-state index is 0.918. The van der Waals surface area contributed by atoms with Crippen LogP contribution >= 0.6 is 11.3 Å². The van der Waals surface area contributed by atoms with Gasteiger partial charge in [-0.3, -0.25) is 0 Å². The predicted molar refractivity (Wildman–Crippen MR) is 106 cm³/mol. The largest absolute Gasteiger partial charge is 0.223 e. The SMILES string of the molecule is CC=Cc1ccc2c(-c3ccccc3)nn(-c3nc(CC)cs3)c2c1. The van der Waals surface area contributed by atoms with Gasteiger partial charge in [-0.25, -0.2) is 9.67 Å². The zero-order chi connectivity index (χ0) is 17.2. The number of benzene rings is 2. The topological polar surface area (TPSA) is 30.7 Å². The molecular formula is C21H19N3S. The molecule has 0 bridgehead atoms. The first kappa shape index (κ1) is 15.8. The molecule has 0 N–H and O–H groups in total. The fourth-order valence-corrected chi connectivity index (χ4v) is 3.81. The highest BCUT2D eigenvalue weighted by Gasteiger charge is 2.15. The molecule has 0 atom stereocenters. The molecule has 0 saturated carbocycles. The van der Waals surface area contributed by atoms with Gasteiger partial charge in [0.25, 0.3) is 0 Å². The van der Waals surface area contributed by atoms with Crippen LogP contribution in [0.15, 0.2) is 60.0 Å². The van der Waals surface area contributed by atoms with Crippen LogP contribution in [0.25, 0.3) is 33.4 Å². The molecule has 2 aromatic heterocycles. The maximum Gasteiger partial charge on any atom is 0.211 e. The van der Waals surface area contributed by atoms with Crippen LogP contribution in [0, 0.1) is 0 Å². The Morgan fingerprint density at radius 1 is 1.12 bits per heavy atom. The summed E-state index contributed by atoms with van der Waals surface area (Å²) in [7, 11) is 0. The molecule has 25 heavy (non-hydrogen) atoms. The molecule has 0 amide bonds. The Bertz CT molecular complexity index is 1040. The van der Waals surface area contributed by atoms with Crippen molar-refractivity contribution in [1.82, 2.24) is 14.8 Å². The second kappa shape index (κ2) is 6.65. The van der Waals surface area contributed by atoms with Gasteiger partial charge in [0.1, 0.15) is 5.69 Å². The summed E-state index contributed by atoms with van der Waals surface area (Å²) in [6, 6.07) is 16.8. The molecule has 0 aliphatic carbocycles. The highest BCUT2D eigenvalue weighted by Crippen LogP contribution is 2.31. The quantitative estimate of drug-likeness (QED) is 0.472. The number of nitrogens with zero attached hydrogens (tertiary/aromatic N) is 3. The third-order valence-electron chi connectivity index (χ3n) is 4.19. The van der Waals surface area contributed by atoms with E-state index in [1.165, 1.54) is 5.56 Å². The second-order valence-corrected chi connectivity index (χ2v) is 6.71. The summed E-state index contributed by atoms with van der Waals surface area (Å²) in [5, 5.41) is 9.10. The lowest BCUT2D eigenvalue weighted by Crippen LogP contribution is -1.96. The summed E-state index contributed by atoms with van der Waals surface area (Å²) in [6.07, 6.45) is 5.10. The Labute approximate surface area is 151 Å². The van der Waals surface area contributed by atoms with Gasteiger partial charge in [0.15, 0.2) is 0 Å². The highest BCUT2D eigenvalue weighted by molar-refractivity contribution is 7.12. The highest BCUT2D eigenvalue weighted by atomic mass is 32.1. The van der Waals surface area contributed by atoms with Crippen LogP contribution in [0.3, 0.4) is 0 Å². The Hall–Kier alpha value is -2.72. The van der Waals surface area contributed by atoms with Gasteiger partial charge in [-0.15, -0.1) is 11.3 Å². The van der Waals surface area contributed by atoms with Crippen molar-refractivity contribution in [3.63, 3.8) is 0 Å². The van der Waals surface area contributed by atoms with Crippen molar-refractivity contribution >= 4 is 28.3 Å². The summed E-state index contributed by atoms with van der Waals surface area (Å²) >= 11 is 1.64. The van der Waals surface area contributed by atoms with Crippen LogP contribution in [0.2, 0.25) is 0 Å². The van der Waals surface area contributed by atoms with Crippen LogP contribution < -0.4 is 0 Å². The van der Waals surface area contributed by atoms with Crippen molar-refractivity contribution in [2.24, 2.45) is 0 Å². The van der Waals surface area contributed by atoms with Gasteiger partial charge in [-0.1, -0.05) is 55.5 Å². The first-order valence-electron chi connectivity index (χ1n) is 8.46. The minimum absolute atomic E-state index is 0.918. The fraction of sp³-hybridized carbons (Fsp3) is 0.143. The van der Waals surface area contributed by atoms with E-state index >= 15 is 0 Å². The Morgan fingerprint density at radius 3 is 2.68 bits per heavy atom. The third kappa shape index (κ3) is 2.89. The number of fused-ring (bicyclic) bond motifs is 1. The van der Waals surface area contributed by atoms with Crippen molar-refractivity contribution in [3.05, 3.63) is 71.2 Å². The van der Waals surface area contributed by atoms with Gasteiger partial charge < -0.3 is 0 Å². The monoisotopic (exact) mass is 345 g/mol. The minimum Gasteiger partial charge on any atom is -0.223 e. The average Bonchev–Trinajstić information content (AvgIpc) is 3.27. The first-order chi connectivity index (χ1) is 12.3. The number of allylic oxidation sites excluding steroid dienone is 1. The van der Waals surface area contributed by atoms with E-state index in [4.69, 9.17) is 10.1 Å². The number of aryl methyl sites for hydroxylation is 1. The molecule has 0 spiro atoms. The molecule has 0 saturated heterocycles. The van der Waals surface area contributed by atoms with Crippen molar-refractivity contribution in [3.8, 4) is 16.4 Å². The summed E-state index contributed by atoms with van der Waals surface area (Å²) in [4.78, 5) is 4.73. The summed E-state index contributed by atoms with van der Waals surface area (Å²) in [6.45, 7) is 4.16. The maximum atomic E-state index is 4.92. The Kier molecular flexibility index (Phi) is 4.20. The molecule has 4 heteroatoms. The molecule has 4 aromatic rings. The van der Waals surface area contributed by atoms with Crippen molar-refractivity contribution in [2.45, 2.75) is 20.3 Å². The van der Waals surface area contributed by atoms with E-state index in [2.05, 4.69) is 54.8 Å². The van der Waals surface area contributed by atoms with E-state index in [1.807, 2.05) is 29.8 Å². The lowest BCUT2D eigenvalue weighted by molar-refractivity contribution is 0.889. The van der Waals surface area contributed by atoms with Gasteiger partial charge >= 0.3 is 0 Å². The molecule has 124 valence electrons. The zero-order valence-electron chi connectivity index (χ0n) is 14.3. The third-order valence-corrected chi connectivity index (χ3v) is 5.06. The lowest BCUT2D eigenvalue weighted by atomic mass is 10.1. The Morgan fingerprint density at radius 2 is 1.96 bits per heavy atom. The summed E-state index contributed by atoms with van der Waals surface area (Å²) in [5.41, 5.74) is 5.48. The van der Waals surface area contributed by atoms with E-state index < -0.39 is 0 Å². The molecule has 2 aromatic carbocycles. The number of hydrogen-bond acceptors (Lipinski definition) is 3.